The third kappa shape index (κ3) is 9.24. The Morgan fingerprint density at radius 2 is 0.645 bits per heavy atom. The standard InChI is InChI=1S/C72H74N2O2/c1-68(2,3)46-20-28-50(29-21-46)73(51-30-22-47(23-31-51)69(4,5)6)54-36-38-56-60-40-45-41-61-57-39-37-55(74(52-32-24-48(25-33-52)70(7,8)9)53-34-26-49(27-35-53)71(10,11)12)43-64(57)76-67(61)66(59(45)44-65(60)75-63(56)42-54)58-18-16-17-19-62(58)72(13,14)15/h16-44H,1-15H3. The molecule has 0 amide bonds. The fourth-order valence-corrected chi connectivity index (χ4v) is 11.1. The first-order valence-electron chi connectivity index (χ1n) is 27.2. The van der Waals surface area contributed by atoms with Crippen LogP contribution in [-0.2, 0) is 27.1 Å². The van der Waals surface area contributed by atoms with Gasteiger partial charge in [0.25, 0.3) is 0 Å². The molecule has 0 aliphatic carbocycles. The van der Waals surface area contributed by atoms with Crippen LogP contribution in [0.1, 0.15) is 132 Å². The smallest absolute Gasteiger partial charge is 0.143 e. The van der Waals surface area contributed by atoms with Crippen molar-refractivity contribution >= 4 is 88.8 Å². The molecule has 384 valence electrons. The van der Waals surface area contributed by atoms with Gasteiger partial charge in [0.15, 0.2) is 0 Å². The van der Waals surface area contributed by atoms with Crippen LogP contribution in [0.25, 0.3) is 65.8 Å². The Kier molecular flexibility index (Phi) is 12.0. The molecule has 0 radical (unpaired) electrons. The van der Waals surface area contributed by atoms with Crippen molar-refractivity contribution < 1.29 is 8.83 Å². The lowest BCUT2D eigenvalue weighted by molar-refractivity contribution is 0.590. The van der Waals surface area contributed by atoms with E-state index in [4.69, 9.17) is 8.83 Å². The van der Waals surface area contributed by atoms with E-state index in [-0.39, 0.29) is 27.1 Å². The summed E-state index contributed by atoms with van der Waals surface area (Å²) in [4.78, 5) is 4.70. The van der Waals surface area contributed by atoms with E-state index in [9.17, 15) is 0 Å². The molecule has 2 aromatic heterocycles. The predicted molar refractivity (Wildman–Crippen MR) is 327 cm³/mol. The highest BCUT2D eigenvalue weighted by Gasteiger charge is 2.27. The Morgan fingerprint density at radius 1 is 0.289 bits per heavy atom. The lowest BCUT2D eigenvalue weighted by Crippen LogP contribution is -2.14. The number of fused-ring (bicyclic) bond motifs is 7. The maximum atomic E-state index is 7.29. The molecule has 4 nitrogen and oxygen atoms in total. The van der Waals surface area contributed by atoms with Crippen LogP contribution >= 0.6 is 0 Å². The Bertz CT molecular complexity index is 3840. The minimum absolute atomic E-state index is 0.0401. The molecule has 0 spiro atoms. The summed E-state index contributed by atoms with van der Waals surface area (Å²) in [6.07, 6.45) is 0. The molecule has 11 aromatic rings. The monoisotopic (exact) mass is 999 g/mol. The molecule has 0 saturated carbocycles. The molecule has 9 aromatic carbocycles. The summed E-state index contributed by atoms with van der Waals surface area (Å²) in [5.41, 5.74) is 18.6. The second-order valence-electron chi connectivity index (χ2n) is 26.4. The summed E-state index contributed by atoms with van der Waals surface area (Å²) < 4.78 is 14.3. The van der Waals surface area contributed by atoms with Crippen LogP contribution in [0.2, 0.25) is 0 Å². The van der Waals surface area contributed by atoms with E-state index >= 15 is 0 Å². The molecular formula is C72H74N2O2. The van der Waals surface area contributed by atoms with Crippen molar-refractivity contribution in [1.82, 2.24) is 0 Å². The zero-order chi connectivity index (χ0) is 53.9. The zero-order valence-corrected chi connectivity index (χ0v) is 47.5. The van der Waals surface area contributed by atoms with Crippen molar-refractivity contribution in [2.75, 3.05) is 9.80 Å². The van der Waals surface area contributed by atoms with E-state index in [0.29, 0.717) is 0 Å². The second kappa shape index (κ2) is 18.0. The summed E-state index contributed by atoms with van der Waals surface area (Å²) in [7, 11) is 0. The molecule has 2 heterocycles. The van der Waals surface area contributed by atoms with Gasteiger partial charge in [-0.2, -0.15) is 0 Å². The molecule has 0 aliphatic rings. The number of furan rings is 2. The molecule has 76 heavy (non-hydrogen) atoms. The Hall–Kier alpha value is -7.56. The van der Waals surface area contributed by atoms with E-state index in [1.165, 1.54) is 27.8 Å². The SMILES string of the molecule is CC(C)(C)c1ccc(N(c2ccc(C(C)(C)C)cc2)c2ccc3c(c2)oc2cc4c(-c5ccccc5C(C)(C)C)c5oc6cc(N(c7ccc(C(C)(C)C)cc7)c7ccc(C(C)(C)C)cc7)ccc6c5cc4cc23)cc1. The van der Waals surface area contributed by atoms with Gasteiger partial charge in [0.1, 0.15) is 22.3 Å². The van der Waals surface area contributed by atoms with Gasteiger partial charge in [0.05, 0.1) is 0 Å². The lowest BCUT2D eigenvalue weighted by Gasteiger charge is -2.28. The summed E-state index contributed by atoms with van der Waals surface area (Å²) >= 11 is 0. The van der Waals surface area contributed by atoms with Crippen molar-refractivity contribution in [2.45, 2.75) is 131 Å². The fourth-order valence-electron chi connectivity index (χ4n) is 11.1. The van der Waals surface area contributed by atoms with Crippen molar-refractivity contribution in [2.24, 2.45) is 0 Å². The number of hydrogen-bond donors (Lipinski definition) is 0. The Balaban J connectivity index is 1.10. The highest BCUT2D eigenvalue weighted by molar-refractivity contribution is 6.22. The van der Waals surface area contributed by atoms with E-state index in [2.05, 4.69) is 290 Å². The number of rotatable bonds is 7. The number of benzene rings is 9. The lowest BCUT2D eigenvalue weighted by atomic mass is 9.80. The molecule has 0 bridgehead atoms. The van der Waals surface area contributed by atoms with Crippen LogP contribution in [0, 0.1) is 0 Å². The largest absolute Gasteiger partial charge is 0.456 e. The van der Waals surface area contributed by atoms with Gasteiger partial charge >= 0.3 is 0 Å². The number of hydrogen-bond acceptors (Lipinski definition) is 4. The minimum Gasteiger partial charge on any atom is -0.456 e. The minimum atomic E-state index is -0.137. The maximum absolute atomic E-state index is 7.29. The first kappa shape index (κ1) is 50.6. The van der Waals surface area contributed by atoms with E-state index in [0.717, 1.165) is 99.9 Å². The molecule has 4 heteroatoms. The molecule has 0 saturated heterocycles. The zero-order valence-electron chi connectivity index (χ0n) is 47.5. The van der Waals surface area contributed by atoms with Crippen LogP contribution in [0.5, 0.6) is 0 Å². The first-order valence-corrected chi connectivity index (χ1v) is 27.2. The second-order valence-corrected chi connectivity index (χ2v) is 26.4. The predicted octanol–water partition coefficient (Wildman–Crippen LogP) is 21.7. The summed E-state index contributed by atoms with van der Waals surface area (Å²) in [6, 6.07) is 65.4. The summed E-state index contributed by atoms with van der Waals surface area (Å²) in [6.45, 7) is 34.1. The van der Waals surface area contributed by atoms with E-state index in [1.807, 2.05) is 0 Å². The third-order valence-corrected chi connectivity index (χ3v) is 15.6. The number of nitrogens with zero attached hydrogens (tertiary/aromatic N) is 2. The van der Waals surface area contributed by atoms with Gasteiger partial charge in [-0.1, -0.05) is 177 Å². The van der Waals surface area contributed by atoms with Gasteiger partial charge in [-0.05, 0) is 162 Å². The van der Waals surface area contributed by atoms with Gasteiger partial charge in [0, 0.05) is 73.4 Å². The van der Waals surface area contributed by atoms with Crippen LogP contribution < -0.4 is 9.80 Å². The average molecular weight is 999 g/mol. The fraction of sp³-hybridized carbons (Fsp3) is 0.278. The maximum Gasteiger partial charge on any atom is 0.143 e. The van der Waals surface area contributed by atoms with Gasteiger partial charge in [-0.3, -0.25) is 0 Å². The van der Waals surface area contributed by atoms with E-state index in [1.54, 1.807) is 0 Å². The molecule has 0 unspecified atom stereocenters. The van der Waals surface area contributed by atoms with Crippen LogP contribution in [0.4, 0.5) is 34.1 Å². The summed E-state index contributed by atoms with van der Waals surface area (Å²) in [5, 5.41) is 6.55. The molecule has 0 N–H and O–H groups in total. The Morgan fingerprint density at radius 3 is 1.05 bits per heavy atom. The van der Waals surface area contributed by atoms with Crippen molar-refractivity contribution in [3.05, 3.63) is 204 Å². The van der Waals surface area contributed by atoms with Gasteiger partial charge in [-0.15, -0.1) is 0 Å². The number of anilines is 6. The van der Waals surface area contributed by atoms with E-state index < -0.39 is 0 Å². The molecule has 0 atom stereocenters. The topological polar surface area (TPSA) is 32.8 Å². The average Bonchev–Trinajstić information content (AvgIpc) is 4.01. The molecule has 0 aliphatic heterocycles. The quantitative estimate of drug-likeness (QED) is 0.159. The van der Waals surface area contributed by atoms with Gasteiger partial charge in [-0.25, -0.2) is 0 Å². The normalized spacial score (nSPS) is 12.9. The highest BCUT2D eigenvalue weighted by Crippen LogP contribution is 2.48. The van der Waals surface area contributed by atoms with Crippen molar-refractivity contribution in [3.63, 3.8) is 0 Å². The first-order chi connectivity index (χ1) is 35.8. The highest BCUT2D eigenvalue weighted by atomic mass is 16.3. The molecular weight excluding hydrogens is 925 g/mol. The van der Waals surface area contributed by atoms with Crippen LogP contribution in [0.3, 0.4) is 0 Å². The third-order valence-electron chi connectivity index (χ3n) is 15.6. The van der Waals surface area contributed by atoms with Gasteiger partial charge in [0.2, 0.25) is 0 Å². The molecule has 0 fully saturated rings. The van der Waals surface area contributed by atoms with Crippen LogP contribution in [-0.4, -0.2) is 0 Å². The van der Waals surface area contributed by atoms with Crippen molar-refractivity contribution in [3.8, 4) is 11.1 Å². The van der Waals surface area contributed by atoms with Crippen molar-refractivity contribution in [1.29, 1.82) is 0 Å². The molecule has 11 rings (SSSR count). The van der Waals surface area contributed by atoms with Gasteiger partial charge < -0.3 is 18.6 Å². The summed E-state index contributed by atoms with van der Waals surface area (Å²) in [5.74, 6) is 0. The van der Waals surface area contributed by atoms with Crippen LogP contribution in [0.15, 0.2) is 185 Å². The Labute approximate surface area is 451 Å².